The van der Waals surface area contributed by atoms with Crippen LogP contribution < -0.4 is 5.06 Å². The molecule has 0 saturated carbocycles. The van der Waals surface area contributed by atoms with Crippen molar-refractivity contribution in [3.8, 4) is 0 Å². The fourth-order valence-corrected chi connectivity index (χ4v) is 3.20. The van der Waals surface area contributed by atoms with Crippen molar-refractivity contribution in [1.29, 1.82) is 0 Å². The topological polar surface area (TPSA) is 62.1 Å². The Bertz CT molecular complexity index is 841. The minimum Gasteiger partial charge on any atom is -0.321 e. The summed E-state index contributed by atoms with van der Waals surface area (Å²) in [6, 6.07) is 16.6. The molecule has 7 heteroatoms. The Morgan fingerprint density at radius 2 is 1.63 bits per heavy atom. The van der Waals surface area contributed by atoms with Crippen LogP contribution in [0.3, 0.4) is 0 Å². The molecule has 0 N–H and O–H groups in total. The third-order valence-electron chi connectivity index (χ3n) is 4.68. The molecule has 1 aliphatic heterocycles. The van der Waals surface area contributed by atoms with E-state index >= 15 is 0 Å². The van der Waals surface area contributed by atoms with Gasteiger partial charge in [0.25, 0.3) is 4.92 Å². The van der Waals surface area contributed by atoms with E-state index in [-0.39, 0.29) is 6.09 Å². The molecule has 1 heterocycles. The molecule has 3 rings (SSSR count). The van der Waals surface area contributed by atoms with E-state index in [2.05, 4.69) is 0 Å². The van der Waals surface area contributed by atoms with Crippen LogP contribution in [0.1, 0.15) is 45.6 Å². The number of rotatable bonds is 6. The van der Waals surface area contributed by atoms with Gasteiger partial charge in [-0.2, -0.15) is 0 Å². The molecule has 1 amide bonds. The Morgan fingerprint density at radius 3 is 2.23 bits per heavy atom. The molecule has 0 spiro atoms. The summed E-state index contributed by atoms with van der Waals surface area (Å²) in [6.07, 6.45) is 2.78. The summed E-state index contributed by atoms with van der Waals surface area (Å²) < 4.78 is 0. The molecule has 0 bridgehead atoms. The first-order valence-corrected chi connectivity index (χ1v) is 10.4. The number of likely N-dealkylation sites (tertiary alicyclic amines) is 1. The molecule has 0 unspecified atom stereocenters. The standard InChI is InChI=1S/C23H30N3O4/c1-23(2,3)30-26(28)21-14-12-20(13-15-21)25(18-19-10-6-4-7-11-19)29-22(27)24-16-8-5-9-17-24/h4,6-7,10-15H,5,8-9,16-18H2,1-3H3/q+1. The average molecular weight is 413 g/mol. The normalized spacial score (nSPS) is 14.2. The molecular weight excluding hydrogens is 382 g/mol. The van der Waals surface area contributed by atoms with Gasteiger partial charge in [-0.25, -0.2) is 14.7 Å². The van der Waals surface area contributed by atoms with E-state index in [1.165, 1.54) is 0 Å². The maximum absolute atomic E-state index is 12.7. The summed E-state index contributed by atoms with van der Waals surface area (Å²) >= 11 is 0. The third-order valence-corrected chi connectivity index (χ3v) is 4.68. The minimum absolute atomic E-state index is 0.351. The van der Waals surface area contributed by atoms with E-state index in [4.69, 9.17) is 9.68 Å². The number of carbonyl (C=O) groups is 1. The van der Waals surface area contributed by atoms with Crippen LogP contribution in [0.4, 0.5) is 16.2 Å². The number of hydrogen-bond donors (Lipinski definition) is 0. The van der Waals surface area contributed by atoms with Crippen LogP contribution in [0.15, 0.2) is 54.6 Å². The predicted octanol–water partition coefficient (Wildman–Crippen LogP) is 5.37. The number of piperidine rings is 1. The first-order chi connectivity index (χ1) is 14.3. The second-order valence-corrected chi connectivity index (χ2v) is 8.40. The Labute approximate surface area is 177 Å². The second kappa shape index (κ2) is 9.61. The maximum Gasteiger partial charge on any atom is 0.434 e. The molecular formula is C23H30N3O4+. The molecule has 2 aromatic rings. The van der Waals surface area contributed by atoms with Crippen LogP contribution in [-0.2, 0) is 16.2 Å². The van der Waals surface area contributed by atoms with Gasteiger partial charge in [-0.1, -0.05) is 30.3 Å². The van der Waals surface area contributed by atoms with Crippen molar-refractivity contribution >= 4 is 17.5 Å². The second-order valence-electron chi connectivity index (χ2n) is 8.40. The molecule has 2 aromatic carbocycles. The lowest BCUT2D eigenvalue weighted by atomic mass is 10.1. The number of hydrogen-bond acceptors (Lipinski definition) is 5. The average Bonchev–Trinajstić information content (AvgIpc) is 2.73. The number of nitrogens with zero attached hydrogens (tertiary/aromatic N) is 3. The van der Waals surface area contributed by atoms with Gasteiger partial charge in [-0.15, -0.1) is 0 Å². The zero-order valence-corrected chi connectivity index (χ0v) is 17.9. The quantitative estimate of drug-likeness (QED) is 0.597. The van der Waals surface area contributed by atoms with E-state index in [1.807, 2.05) is 51.1 Å². The monoisotopic (exact) mass is 412 g/mol. The molecule has 30 heavy (non-hydrogen) atoms. The molecule has 1 fully saturated rings. The number of hydroxylamine groups is 1. The highest BCUT2D eigenvalue weighted by Gasteiger charge is 2.27. The summed E-state index contributed by atoms with van der Waals surface area (Å²) in [5.41, 5.74) is 1.46. The predicted molar refractivity (Wildman–Crippen MR) is 115 cm³/mol. The van der Waals surface area contributed by atoms with Crippen LogP contribution in [0.2, 0.25) is 0 Å². The van der Waals surface area contributed by atoms with Crippen LogP contribution in [0.25, 0.3) is 0 Å². The SMILES string of the molecule is CC(C)(C)O[N+](=O)c1ccc(N(Cc2ccccc2)OC(=O)N2CCCCC2)cc1. The number of anilines is 1. The summed E-state index contributed by atoms with van der Waals surface area (Å²) in [5.74, 6) is 0. The van der Waals surface area contributed by atoms with Crippen molar-refractivity contribution < 1.29 is 19.4 Å². The summed E-state index contributed by atoms with van der Waals surface area (Å²) in [7, 11) is 0. The zero-order chi connectivity index (χ0) is 21.6. The van der Waals surface area contributed by atoms with E-state index < -0.39 is 5.60 Å². The Hall–Kier alpha value is -3.09. The molecule has 0 radical (unpaired) electrons. The largest absolute Gasteiger partial charge is 0.434 e. The number of benzene rings is 2. The zero-order valence-electron chi connectivity index (χ0n) is 17.9. The van der Waals surface area contributed by atoms with Gasteiger partial charge in [0.2, 0.25) is 0 Å². The van der Waals surface area contributed by atoms with E-state index in [0.717, 1.165) is 24.8 Å². The molecule has 0 aliphatic carbocycles. The van der Waals surface area contributed by atoms with Crippen LogP contribution in [0.5, 0.6) is 0 Å². The molecule has 160 valence electrons. The molecule has 7 nitrogen and oxygen atoms in total. The lowest BCUT2D eigenvalue weighted by Gasteiger charge is -2.30. The van der Waals surface area contributed by atoms with Gasteiger partial charge in [-0.3, -0.25) is 0 Å². The van der Waals surface area contributed by atoms with E-state index in [9.17, 15) is 9.70 Å². The first kappa shape index (κ1) is 21.6. The van der Waals surface area contributed by atoms with Crippen molar-refractivity contribution in [2.45, 2.75) is 52.2 Å². The highest BCUT2D eigenvalue weighted by molar-refractivity contribution is 5.69. The van der Waals surface area contributed by atoms with Crippen molar-refractivity contribution in [2.75, 3.05) is 18.2 Å². The minimum atomic E-state index is -0.594. The third kappa shape index (κ3) is 6.20. The van der Waals surface area contributed by atoms with Crippen molar-refractivity contribution in [3.63, 3.8) is 0 Å². The summed E-state index contributed by atoms with van der Waals surface area (Å²) in [5, 5.41) is 1.57. The van der Waals surface area contributed by atoms with Gasteiger partial charge in [0.1, 0.15) is 0 Å². The van der Waals surface area contributed by atoms with Crippen LogP contribution >= 0.6 is 0 Å². The summed E-state index contributed by atoms with van der Waals surface area (Å²) in [4.78, 5) is 38.2. The number of carbonyl (C=O) groups excluding carboxylic acids is 1. The van der Waals surface area contributed by atoms with Crippen LogP contribution in [0, 0.1) is 4.91 Å². The fourth-order valence-electron chi connectivity index (χ4n) is 3.20. The van der Waals surface area contributed by atoms with Gasteiger partial charge in [0, 0.05) is 25.2 Å². The van der Waals surface area contributed by atoms with Gasteiger partial charge in [-0.05, 0) is 57.7 Å². The van der Waals surface area contributed by atoms with Gasteiger partial charge in [0.05, 0.1) is 17.1 Å². The first-order valence-electron chi connectivity index (χ1n) is 10.4. The maximum atomic E-state index is 12.7. The highest BCUT2D eigenvalue weighted by Crippen LogP contribution is 2.24. The Kier molecular flexibility index (Phi) is 6.92. The Balaban J connectivity index is 1.76. The van der Waals surface area contributed by atoms with E-state index in [1.54, 1.807) is 34.2 Å². The Morgan fingerprint density at radius 1 is 1.00 bits per heavy atom. The molecule has 1 saturated heterocycles. The lowest BCUT2D eigenvalue weighted by molar-refractivity contribution is -0.766. The lowest BCUT2D eigenvalue weighted by Crippen LogP contribution is -2.40. The summed E-state index contributed by atoms with van der Waals surface area (Å²) in [6.45, 7) is 7.27. The van der Waals surface area contributed by atoms with Crippen molar-refractivity contribution in [1.82, 2.24) is 4.90 Å². The smallest absolute Gasteiger partial charge is 0.321 e. The molecule has 0 atom stereocenters. The van der Waals surface area contributed by atoms with Gasteiger partial charge in [0.15, 0.2) is 5.60 Å². The highest BCUT2D eigenvalue weighted by atomic mass is 16.8. The molecule has 1 aliphatic rings. The number of amides is 1. The van der Waals surface area contributed by atoms with Gasteiger partial charge < -0.3 is 9.74 Å². The van der Waals surface area contributed by atoms with Crippen molar-refractivity contribution in [2.24, 2.45) is 0 Å². The van der Waals surface area contributed by atoms with Crippen molar-refractivity contribution in [3.05, 3.63) is 65.1 Å². The van der Waals surface area contributed by atoms with E-state index in [0.29, 0.717) is 35.9 Å². The molecule has 0 aromatic heterocycles. The van der Waals surface area contributed by atoms with Crippen LogP contribution in [-0.4, -0.2) is 34.6 Å². The fraction of sp³-hybridized carbons (Fsp3) is 0.435. The van der Waals surface area contributed by atoms with Gasteiger partial charge >= 0.3 is 11.8 Å².